The van der Waals surface area contributed by atoms with Crippen molar-refractivity contribution >= 4 is 24.3 Å². The lowest BCUT2D eigenvalue weighted by Gasteiger charge is -2.16. The van der Waals surface area contributed by atoms with Crippen molar-refractivity contribution < 1.29 is 19.8 Å². The van der Waals surface area contributed by atoms with Gasteiger partial charge in [-0.2, -0.15) is 12.6 Å². The molecule has 0 aliphatic heterocycles. The topological polar surface area (TPSA) is 86.6 Å². The third kappa shape index (κ3) is 14.6. The molecule has 0 heterocycles. The lowest BCUT2D eigenvalue weighted by atomic mass is 10.0. The largest absolute Gasteiger partial charge is 0.394 e. The van der Waals surface area contributed by atoms with E-state index in [-0.39, 0.29) is 23.9 Å². The van der Waals surface area contributed by atoms with Crippen LogP contribution in [-0.2, 0) is 9.59 Å². The van der Waals surface area contributed by atoms with Crippen LogP contribution in [0.4, 0.5) is 0 Å². The second-order valence-electron chi connectivity index (χ2n) is 7.10. The number of amides is 1. The SMILES string of the molecule is CCCCCCCCCCCCCC(=O)N[C@H](CS)C(=O)C[C@@H](O)CO. The van der Waals surface area contributed by atoms with Crippen molar-refractivity contribution in [3.8, 4) is 0 Å². The second-order valence-corrected chi connectivity index (χ2v) is 7.46. The standard InChI is InChI=1S/C20H39NO4S/c1-2-3-4-5-6-7-8-9-10-11-12-13-20(25)21-18(16-26)19(24)14-17(23)15-22/h17-18,22-23,26H,2-16H2,1H3,(H,21,25)/t17-,18-/m1/s1. The van der Waals surface area contributed by atoms with Crippen LogP contribution < -0.4 is 5.32 Å². The van der Waals surface area contributed by atoms with Gasteiger partial charge in [0.1, 0.15) is 0 Å². The molecule has 0 rings (SSSR count). The fourth-order valence-corrected chi connectivity index (χ4v) is 3.18. The van der Waals surface area contributed by atoms with Crippen LogP contribution in [0, 0.1) is 0 Å². The van der Waals surface area contributed by atoms with Crippen molar-refractivity contribution in [2.45, 2.75) is 103 Å². The molecule has 0 fully saturated rings. The minimum absolute atomic E-state index is 0.146. The van der Waals surface area contributed by atoms with Gasteiger partial charge in [0, 0.05) is 18.6 Å². The Morgan fingerprint density at radius 1 is 0.923 bits per heavy atom. The molecule has 2 atom stereocenters. The molecular weight excluding hydrogens is 350 g/mol. The summed E-state index contributed by atoms with van der Waals surface area (Å²) in [7, 11) is 0. The van der Waals surface area contributed by atoms with Gasteiger partial charge in [-0.1, -0.05) is 71.1 Å². The minimum atomic E-state index is -1.08. The highest BCUT2D eigenvalue weighted by atomic mass is 32.1. The quantitative estimate of drug-likeness (QED) is 0.214. The van der Waals surface area contributed by atoms with Crippen molar-refractivity contribution in [3.05, 3.63) is 0 Å². The Balaban J connectivity index is 3.64. The molecule has 1 amide bonds. The van der Waals surface area contributed by atoms with Gasteiger partial charge in [0.25, 0.3) is 0 Å². The Bertz CT molecular complexity index is 366. The van der Waals surface area contributed by atoms with E-state index in [1.807, 2.05) is 0 Å². The monoisotopic (exact) mass is 389 g/mol. The first kappa shape index (κ1) is 25.4. The molecule has 0 saturated carbocycles. The Kier molecular flexibility index (Phi) is 17.4. The van der Waals surface area contributed by atoms with Crippen molar-refractivity contribution in [3.63, 3.8) is 0 Å². The first-order chi connectivity index (χ1) is 12.5. The van der Waals surface area contributed by atoms with Gasteiger partial charge in [-0.05, 0) is 6.42 Å². The average Bonchev–Trinajstić information content (AvgIpc) is 2.63. The zero-order valence-corrected chi connectivity index (χ0v) is 17.3. The molecule has 5 nitrogen and oxygen atoms in total. The number of unbranched alkanes of at least 4 members (excludes halogenated alkanes) is 10. The van der Waals surface area contributed by atoms with Gasteiger partial charge in [-0.25, -0.2) is 0 Å². The predicted molar refractivity (Wildman–Crippen MR) is 110 cm³/mol. The van der Waals surface area contributed by atoms with Crippen LogP contribution in [0.5, 0.6) is 0 Å². The fourth-order valence-electron chi connectivity index (χ4n) is 2.88. The summed E-state index contributed by atoms with van der Waals surface area (Å²) in [4.78, 5) is 23.8. The van der Waals surface area contributed by atoms with E-state index in [0.29, 0.717) is 6.42 Å². The molecule has 6 heteroatoms. The normalized spacial score (nSPS) is 13.4. The van der Waals surface area contributed by atoms with Crippen LogP contribution in [0.2, 0.25) is 0 Å². The average molecular weight is 390 g/mol. The maximum Gasteiger partial charge on any atom is 0.220 e. The zero-order valence-electron chi connectivity index (χ0n) is 16.4. The number of aliphatic hydroxyl groups excluding tert-OH is 2. The maximum atomic E-state index is 11.9. The van der Waals surface area contributed by atoms with E-state index in [1.54, 1.807) is 0 Å². The van der Waals surface area contributed by atoms with Crippen LogP contribution in [0.25, 0.3) is 0 Å². The molecule has 154 valence electrons. The molecule has 0 saturated heterocycles. The number of hydrogen-bond acceptors (Lipinski definition) is 5. The number of nitrogens with one attached hydrogen (secondary N) is 1. The fraction of sp³-hybridized carbons (Fsp3) is 0.900. The number of aliphatic hydroxyl groups is 2. The number of rotatable bonds is 18. The highest BCUT2D eigenvalue weighted by Crippen LogP contribution is 2.12. The van der Waals surface area contributed by atoms with E-state index >= 15 is 0 Å². The molecule has 0 radical (unpaired) electrons. The molecule has 0 aromatic carbocycles. The highest BCUT2D eigenvalue weighted by Gasteiger charge is 2.21. The van der Waals surface area contributed by atoms with E-state index in [1.165, 1.54) is 51.4 Å². The first-order valence-corrected chi connectivity index (χ1v) is 10.9. The van der Waals surface area contributed by atoms with E-state index < -0.39 is 18.8 Å². The summed E-state index contributed by atoms with van der Waals surface area (Å²) in [6, 6.07) is -0.695. The molecule has 0 unspecified atom stereocenters. The van der Waals surface area contributed by atoms with Gasteiger partial charge in [0.2, 0.25) is 5.91 Å². The molecule has 0 aromatic rings. The summed E-state index contributed by atoms with van der Waals surface area (Å²) in [6.07, 6.45) is 12.7. The molecule has 0 aromatic heterocycles. The first-order valence-electron chi connectivity index (χ1n) is 10.3. The summed E-state index contributed by atoms with van der Waals surface area (Å²) < 4.78 is 0. The van der Waals surface area contributed by atoms with Crippen LogP contribution in [0.1, 0.15) is 90.4 Å². The van der Waals surface area contributed by atoms with Crippen molar-refractivity contribution in [1.82, 2.24) is 5.32 Å². The van der Waals surface area contributed by atoms with Gasteiger partial charge < -0.3 is 15.5 Å². The van der Waals surface area contributed by atoms with E-state index in [9.17, 15) is 14.7 Å². The Morgan fingerprint density at radius 3 is 1.88 bits per heavy atom. The van der Waals surface area contributed by atoms with Crippen LogP contribution in [0.3, 0.4) is 0 Å². The molecule has 3 N–H and O–H groups in total. The van der Waals surface area contributed by atoms with Crippen LogP contribution in [0.15, 0.2) is 0 Å². The van der Waals surface area contributed by atoms with Gasteiger partial charge in [0.15, 0.2) is 5.78 Å². The molecule has 26 heavy (non-hydrogen) atoms. The lowest BCUT2D eigenvalue weighted by molar-refractivity contribution is -0.128. The van der Waals surface area contributed by atoms with Crippen molar-refractivity contribution in [2.24, 2.45) is 0 Å². The van der Waals surface area contributed by atoms with Gasteiger partial charge in [-0.15, -0.1) is 0 Å². The zero-order chi connectivity index (χ0) is 19.6. The number of ketones is 1. The summed E-state index contributed by atoms with van der Waals surface area (Å²) in [5.41, 5.74) is 0. The number of hydrogen-bond donors (Lipinski definition) is 4. The van der Waals surface area contributed by atoms with Crippen molar-refractivity contribution in [1.29, 1.82) is 0 Å². The van der Waals surface area contributed by atoms with Crippen LogP contribution >= 0.6 is 12.6 Å². The predicted octanol–water partition coefficient (Wildman–Crippen LogP) is 3.41. The molecule has 0 spiro atoms. The van der Waals surface area contributed by atoms with E-state index in [2.05, 4.69) is 24.9 Å². The third-order valence-electron chi connectivity index (χ3n) is 4.56. The van der Waals surface area contributed by atoms with E-state index in [4.69, 9.17) is 5.11 Å². The van der Waals surface area contributed by atoms with Crippen molar-refractivity contribution in [2.75, 3.05) is 12.4 Å². The Labute approximate surface area is 164 Å². The number of Topliss-reactive ketones (excluding diaryl/α,β-unsaturated/α-hetero) is 1. The second kappa shape index (κ2) is 17.8. The molecule has 0 aliphatic rings. The van der Waals surface area contributed by atoms with Gasteiger partial charge in [0.05, 0.1) is 18.8 Å². The maximum absolute atomic E-state index is 11.9. The smallest absolute Gasteiger partial charge is 0.220 e. The number of thiol groups is 1. The minimum Gasteiger partial charge on any atom is -0.394 e. The van der Waals surface area contributed by atoms with Gasteiger partial charge in [-0.3, -0.25) is 9.59 Å². The number of carbonyl (C=O) groups excluding carboxylic acids is 2. The number of carbonyl (C=O) groups is 2. The summed E-state index contributed by atoms with van der Waals surface area (Å²) >= 11 is 4.09. The van der Waals surface area contributed by atoms with Gasteiger partial charge >= 0.3 is 0 Å². The third-order valence-corrected chi connectivity index (χ3v) is 4.93. The Hall–Kier alpha value is -0.590. The van der Waals surface area contributed by atoms with Crippen LogP contribution in [-0.4, -0.2) is 46.4 Å². The summed E-state index contributed by atoms with van der Waals surface area (Å²) in [6.45, 7) is 1.77. The van der Waals surface area contributed by atoms with E-state index in [0.717, 1.165) is 19.3 Å². The molecule has 0 aliphatic carbocycles. The summed E-state index contributed by atoms with van der Waals surface area (Å²) in [5, 5.41) is 20.8. The lowest BCUT2D eigenvalue weighted by Crippen LogP contribution is -2.43. The summed E-state index contributed by atoms with van der Waals surface area (Å²) in [5.74, 6) is -0.248. The molecule has 0 bridgehead atoms. The highest BCUT2D eigenvalue weighted by molar-refractivity contribution is 7.80. The Morgan fingerprint density at radius 2 is 1.42 bits per heavy atom. The molecular formula is C20H39NO4S.